The Hall–Kier alpha value is -1.04. The average Bonchev–Trinajstić information content (AvgIpc) is 2.83. The second-order valence-corrected chi connectivity index (χ2v) is 6.32. The Kier molecular flexibility index (Phi) is 5.46. The van der Waals surface area contributed by atoms with Gasteiger partial charge in [0.25, 0.3) is 0 Å². The smallest absolute Gasteiger partial charge is 0.411 e. The van der Waals surface area contributed by atoms with Crippen LogP contribution in [0.2, 0.25) is 5.02 Å². The molecule has 0 fully saturated rings. The van der Waals surface area contributed by atoms with Crippen LogP contribution in [-0.4, -0.2) is 12.7 Å². The van der Waals surface area contributed by atoms with Gasteiger partial charge in [-0.3, -0.25) is 5.32 Å². The molecule has 2 rings (SSSR count). The van der Waals surface area contributed by atoms with E-state index in [-0.39, 0.29) is 0 Å². The minimum atomic E-state index is -0.463. The molecule has 0 atom stereocenters. The maximum atomic E-state index is 11.5. The van der Waals surface area contributed by atoms with Crippen LogP contribution in [0.3, 0.4) is 0 Å². The summed E-state index contributed by atoms with van der Waals surface area (Å²) in [5.41, 5.74) is 1.56. The van der Waals surface area contributed by atoms with Crippen molar-refractivity contribution in [3.8, 4) is 10.4 Å². The summed E-state index contributed by atoms with van der Waals surface area (Å²) in [5.74, 6) is 0. The number of benzene rings is 1. The van der Waals surface area contributed by atoms with Gasteiger partial charge in [0.2, 0.25) is 0 Å². The Morgan fingerprint density at radius 2 is 2.25 bits per heavy atom. The third-order valence-electron chi connectivity index (χ3n) is 2.49. The van der Waals surface area contributed by atoms with E-state index < -0.39 is 6.09 Å². The first-order valence-corrected chi connectivity index (χ1v) is 8.13. The SMILES string of the molecule is CCCOC(=O)Nc1ccc(-c2cc(Br)cs2)c(Cl)c1. The first-order chi connectivity index (χ1) is 9.60. The molecule has 0 radical (unpaired) electrons. The molecule has 1 N–H and O–H groups in total. The van der Waals surface area contributed by atoms with Gasteiger partial charge in [-0.05, 0) is 46.6 Å². The minimum absolute atomic E-state index is 0.404. The highest BCUT2D eigenvalue weighted by Crippen LogP contribution is 2.35. The fraction of sp³-hybridized carbons (Fsp3) is 0.214. The maximum absolute atomic E-state index is 11.5. The van der Waals surface area contributed by atoms with Gasteiger partial charge < -0.3 is 4.74 Å². The summed E-state index contributed by atoms with van der Waals surface area (Å²) in [7, 11) is 0. The lowest BCUT2D eigenvalue weighted by atomic mass is 10.1. The summed E-state index contributed by atoms with van der Waals surface area (Å²) in [6.45, 7) is 2.35. The standard InChI is InChI=1S/C14H13BrClNO2S/c1-2-5-19-14(18)17-10-3-4-11(12(16)7-10)13-6-9(15)8-20-13/h3-4,6-8H,2,5H2,1H3,(H,17,18). The number of amides is 1. The number of ether oxygens (including phenoxy) is 1. The monoisotopic (exact) mass is 373 g/mol. The van der Waals surface area contributed by atoms with E-state index in [1.165, 1.54) is 0 Å². The summed E-state index contributed by atoms with van der Waals surface area (Å²) in [4.78, 5) is 12.5. The van der Waals surface area contributed by atoms with Crippen LogP contribution < -0.4 is 5.32 Å². The third-order valence-corrected chi connectivity index (χ3v) is 4.52. The predicted molar refractivity (Wildman–Crippen MR) is 87.7 cm³/mol. The molecule has 1 amide bonds. The fourth-order valence-corrected chi connectivity index (χ4v) is 3.40. The highest BCUT2D eigenvalue weighted by Gasteiger charge is 2.09. The number of anilines is 1. The zero-order chi connectivity index (χ0) is 14.5. The molecular weight excluding hydrogens is 362 g/mol. The van der Waals surface area contributed by atoms with Gasteiger partial charge in [0, 0.05) is 26.0 Å². The number of hydrogen-bond acceptors (Lipinski definition) is 3. The molecule has 2 aromatic rings. The highest BCUT2D eigenvalue weighted by atomic mass is 79.9. The average molecular weight is 375 g/mol. The van der Waals surface area contributed by atoms with Crippen LogP contribution in [-0.2, 0) is 4.74 Å². The molecule has 20 heavy (non-hydrogen) atoms. The summed E-state index contributed by atoms with van der Waals surface area (Å²) < 4.78 is 5.98. The second-order valence-electron chi connectivity index (χ2n) is 4.08. The Balaban J connectivity index is 2.12. The van der Waals surface area contributed by atoms with Crippen LogP contribution >= 0.6 is 38.9 Å². The van der Waals surface area contributed by atoms with Crippen molar-refractivity contribution in [1.82, 2.24) is 0 Å². The summed E-state index contributed by atoms with van der Waals surface area (Å²) in [6.07, 6.45) is 0.329. The number of halogens is 2. The predicted octanol–water partition coefficient (Wildman–Crippen LogP) is 5.79. The zero-order valence-corrected chi connectivity index (χ0v) is 13.9. The van der Waals surface area contributed by atoms with Gasteiger partial charge in [0.1, 0.15) is 0 Å². The molecule has 3 nitrogen and oxygen atoms in total. The first-order valence-electron chi connectivity index (χ1n) is 6.08. The van der Waals surface area contributed by atoms with Gasteiger partial charge in [0.15, 0.2) is 0 Å². The lowest BCUT2D eigenvalue weighted by molar-refractivity contribution is 0.161. The van der Waals surface area contributed by atoms with Crippen molar-refractivity contribution in [3.05, 3.63) is 39.1 Å². The summed E-state index contributed by atoms with van der Waals surface area (Å²) >= 11 is 11.3. The zero-order valence-electron chi connectivity index (χ0n) is 10.8. The Bertz CT molecular complexity index is 615. The number of rotatable bonds is 4. The number of nitrogens with one attached hydrogen (secondary N) is 1. The van der Waals surface area contributed by atoms with Crippen molar-refractivity contribution in [3.63, 3.8) is 0 Å². The van der Waals surface area contributed by atoms with E-state index in [0.717, 1.165) is 21.3 Å². The van der Waals surface area contributed by atoms with Crippen molar-refractivity contribution in [2.45, 2.75) is 13.3 Å². The molecule has 0 saturated carbocycles. The normalized spacial score (nSPS) is 10.3. The van der Waals surface area contributed by atoms with Crippen molar-refractivity contribution in [2.24, 2.45) is 0 Å². The van der Waals surface area contributed by atoms with Crippen LogP contribution in [0.25, 0.3) is 10.4 Å². The van der Waals surface area contributed by atoms with Gasteiger partial charge in [-0.1, -0.05) is 18.5 Å². The van der Waals surface area contributed by atoms with Crippen LogP contribution in [0, 0.1) is 0 Å². The Labute approximate surface area is 135 Å². The lowest BCUT2D eigenvalue weighted by Gasteiger charge is -2.08. The van der Waals surface area contributed by atoms with E-state index >= 15 is 0 Å². The maximum Gasteiger partial charge on any atom is 0.411 e. The van der Waals surface area contributed by atoms with Gasteiger partial charge in [-0.25, -0.2) is 4.79 Å². The van der Waals surface area contributed by atoms with Crippen molar-refractivity contribution in [1.29, 1.82) is 0 Å². The number of carbonyl (C=O) groups is 1. The number of thiophene rings is 1. The molecule has 6 heteroatoms. The number of hydrogen-bond donors (Lipinski definition) is 1. The van der Waals surface area contributed by atoms with E-state index in [1.54, 1.807) is 17.4 Å². The second kappa shape index (κ2) is 7.11. The number of carbonyl (C=O) groups excluding carboxylic acids is 1. The molecule has 0 saturated heterocycles. The van der Waals surface area contributed by atoms with E-state index in [4.69, 9.17) is 16.3 Å². The molecule has 0 bridgehead atoms. The molecule has 0 unspecified atom stereocenters. The molecule has 1 aromatic carbocycles. The van der Waals surface area contributed by atoms with E-state index in [2.05, 4.69) is 21.2 Å². The van der Waals surface area contributed by atoms with Gasteiger partial charge in [-0.15, -0.1) is 11.3 Å². The molecule has 106 valence electrons. The molecular formula is C14H13BrClNO2S. The van der Waals surface area contributed by atoms with E-state index in [0.29, 0.717) is 17.3 Å². The molecule has 0 aliphatic carbocycles. The van der Waals surface area contributed by atoms with Gasteiger partial charge >= 0.3 is 6.09 Å². The highest BCUT2D eigenvalue weighted by molar-refractivity contribution is 9.10. The summed E-state index contributed by atoms with van der Waals surface area (Å²) in [5, 5.41) is 5.24. The Morgan fingerprint density at radius 3 is 2.85 bits per heavy atom. The van der Waals surface area contributed by atoms with Crippen LogP contribution in [0.1, 0.15) is 13.3 Å². The van der Waals surface area contributed by atoms with Crippen LogP contribution in [0.15, 0.2) is 34.1 Å². The van der Waals surface area contributed by atoms with E-state index in [9.17, 15) is 4.79 Å². The molecule has 1 heterocycles. The van der Waals surface area contributed by atoms with Crippen molar-refractivity contribution < 1.29 is 9.53 Å². The fourth-order valence-electron chi connectivity index (χ4n) is 1.60. The Morgan fingerprint density at radius 1 is 1.45 bits per heavy atom. The summed E-state index contributed by atoms with van der Waals surface area (Å²) in [6, 6.07) is 7.42. The topological polar surface area (TPSA) is 38.3 Å². The van der Waals surface area contributed by atoms with Crippen molar-refractivity contribution >= 4 is 50.6 Å². The first kappa shape index (κ1) is 15.4. The molecule has 1 aromatic heterocycles. The molecule has 0 aliphatic heterocycles. The third kappa shape index (κ3) is 3.98. The van der Waals surface area contributed by atoms with Crippen LogP contribution in [0.4, 0.5) is 10.5 Å². The lowest BCUT2D eigenvalue weighted by Crippen LogP contribution is -2.13. The molecule has 0 aliphatic rings. The quantitative estimate of drug-likeness (QED) is 0.735. The van der Waals surface area contributed by atoms with Crippen molar-refractivity contribution in [2.75, 3.05) is 11.9 Å². The van der Waals surface area contributed by atoms with Gasteiger partial charge in [-0.2, -0.15) is 0 Å². The largest absolute Gasteiger partial charge is 0.449 e. The van der Waals surface area contributed by atoms with Gasteiger partial charge in [0.05, 0.1) is 11.6 Å². The minimum Gasteiger partial charge on any atom is -0.449 e. The van der Waals surface area contributed by atoms with Crippen LogP contribution in [0.5, 0.6) is 0 Å². The molecule has 0 spiro atoms. The van der Waals surface area contributed by atoms with E-state index in [1.807, 2.05) is 30.5 Å².